The summed E-state index contributed by atoms with van der Waals surface area (Å²) in [5.74, 6) is -0.367. The van der Waals surface area contributed by atoms with E-state index in [-0.39, 0.29) is 18.0 Å². The Morgan fingerprint density at radius 3 is 2.34 bits per heavy atom. The zero-order chi connectivity index (χ0) is 24.8. The number of aromatic nitrogens is 2. The van der Waals surface area contributed by atoms with Crippen LogP contribution in [0.15, 0.2) is 48.5 Å². The Morgan fingerprint density at radius 2 is 1.74 bits per heavy atom. The van der Waals surface area contributed by atoms with Crippen molar-refractivity contribution in [3.63, 3.8) is 0 Å². The van der Waals surface area contributed by atoms with Gasteiger partial charge in [0.25, 0.3) is 5.91 Å². The molecule has 0 radical (unpaired) electrons. The van der Waals surface area contributed by atoms with E-state index in [1.807, 2.05) is 48.2 Å². The SMILES string of the molecule is COC(=O)c1ccc(CO[C@@H](CN2CCN(C(=O)c3snnc3C)CC2)c2ccc(Cl)cc2)cc1. The van der Waals surface area contributed by atoms with Gasteiger partial charge in [0.1, 0.15) is 4.88 Å². The molecule has 1 amide bonds. The Hall–Kier alpha value is -2.85. The van der Waals surface area contributed by atoms with Gasteiger partial charge < -0.3 is 14.4 Å². The van der Waals surface area contributed by atoms with E-state index in [2.05, 4.69) is 14.5 Å². The number of benzene rings is 2. The second-order valence-electron chi connectivity index (χ2n) is 8.32. The third-order valence-corrected chi connectivity index (χ3v) is 7.07. The van der Waals surface area contributed by atoms with E-state index in [9.17, 15) is 9.59 Å². The van der Waals surface area contributed by atoms with E-state index < -0.39 is 0 Å². The molecule has 1 aromatic heterocycles. The minimum absolute atomic E-state index is 0.00180. The number of hydrogen-bond donors (Lipinski definition) is 0. The predicted molar refractivity (Wildman–Crippen MR) is 134 cm³/mol. The third-order valence-electron chi connectivity index (χ3n) is 6.00. The molecule has 1 aliphatic rings. The summed E-state index contributed by atoms with van der Waals surface area (Å²) in [7, 11) is 1.36. The van der Waals surface area contributed by atoms with Crippen molar-refractivity contribution in [1.82, 2.24) is 19.4 Å². The van der Waals surface area contributed by atoms with Gasteiger partial charge in [-0.3, -0.25) is 9.69 Å². The van der Waals surface area contributed by atoms with Crippen LogP contribution in [0.2, 0.25) is 5.02 Å². The van der Waals surface area contributed by atoms with Gasteiger partial charge in [-0.1, -0.05) is 40.4 Å². The maximum atomic E-state index is 12.8. The zero-order valence-corrected chi connectivity index (χ0v) is 21.2. The fourth-order valence-electron chi connectivity index (χ4n) is 3.92. The van der Waals surface area contributed by atoms with Crippen LogP contribution in [0.25, 0.3) is 0 Å². The maximum Gasteiger partial charge on any atom is 0.337 e. The van der Waals surface area contributed by atoms with Crippen LogP contribution < -0.4 is 0 Å². The van der Waals surface area contributed by atoms with Crippen molar-refractivity contribution in [3.05, 3.63) is 80.8 Å². The Bertz CT molecular complexity index is 1150. The molecule has 4 rings (SSSR count). The molecule has 0 unspecified atom stereocenters. The van der Waals surface area contributed by atoms with Crippen LogP contribution in [0.3, 0.4) is 0 Å². The third kappa shape index (κ3) is 6.43. The topological polar surface area (TPSA) is 84.9 Å². The molecule has 0 saturated carbocycles. The van der Waals surface area contributed by atoms with Gasteiger partial charge in [0, 0.05) is 37.7 Å². The number of carbonyl (C=O) groups is 2. The molecule has 1 aliphatic heterocycles. The molecule has 1 atom stereocenters. The fraction of sp³-hybridized carbons (Fsp3) is 0.360. The molecule has 2 aromatic carbocycles. The first-order valence-electron chi connectivity index (χ1n) is 11.3. The van der Waals surface area contributed by atoms with Crippen LogP contribution in [0.5, 0.6) is 0 Å². The van der Waals surface area contributed by atoms with E-state index >= 15 is 0 Å². The second kappa shape index (κ2) is 11.7. The lowest BCUT2D eigenvalue weighted by atomic mass is 10.1. The fourth-order valence-corrected chi connectivity index (χ4v) is 4.67. The molecule has 0 aliphatic carbocycles. The first-order valence-corrected chi connectivity index (χ1v) is 12.4. The Balaban J connectivity index is 1.38. The van der Waals surface area contributed by atoms with Gasteiger partial charge in [-0.15, -0.1) is 5.10 Å². The van der Waals surface area contributed by atoms with Gasteiger partial charge >= 0.3 is 5.97 Å². The quantitative estimate of drug-likeness (QED) is 0.420. The summed E-state index contributed by atoms with van der Waals surface area (Å²) in [4.78, 5) is 29.2. The number of nitrogens with zero attached hydrogens (tertiary/aromatic N) is 4. The smallest absolute Gasteiger partial charge is 0.337 e. The van der Waals surface area contributed by atoms with E-state index in [4.69, 9.17) is 21.1 Å². The maximum absolute atomic E-state index is 12.8. The molecule has 0 N–H and O–H groups in total. The average molecular weight is 515 g/mol. The minimum Gasteiger partial charge on any atom is -0.465 e. The molecule has 0 bridgehead atoms. The number of esters is 1. The summed E-state index contributed by atoms with van der Waals surface area (Å²) < 4.78 is 15.0. The number of halogens is 1. The molecule has 2 heterocycles. The number of aryl methyl sites for hydroxylation is 1. The number of amides is 1. The van der Waals surface area contributed by atoms with Gasteiger partial charge in [0.2, 0.25) is 0 Å². The van der Waals surface area contributed by atoms with E-state index in [0.717, 1.165) is 35.7 Å². The van der Waals surface area contributed by atoms with Crippen LogP contribution in [-0.4, -0.2) is 71.1 Å². The lowest BCUT2D eigenvalue weighted by molar-refractivity contribution is 0.00345. The highest BCUT2D eigenvalue weighted by Crippen LogP contribution is 2.24. The van der Waals surface area contributed by atoms with Crippen molar-refractivity contribution in [2.75, 3.05) is 39.8 Å². The van der Waals surface area contributed by atoms with E-state index in [0.29, 0.717) is 47.4 Å². The normalized spacial score (nSPS) is 15.1. The molecule has 1 fully saturated rings. The predicted octanol–water partition coefficient (Wildman–Crippen LogP) is 4.00. The highest BCUT2D eigenvalue weighted by atomic mass is 35.5. The largest absolute Gasteiger partial charge is 0.465 e. The van der Waals surface area contributed by atoms with Crippen molar-refractivity contribution in [1.29, 1.82) is 0 Å². The lowest BCUT2D eigenvalue weighted by Crippen LogP contribution is -2.49. The number of ether oxygens (including phenoxy) is 2. The summed E-state index contributed by atoms with van der Waals surface area (Å²) in [6.45, 7) is 5.66. The molecular formula is C25H27ClN4O4S. The summed E-state index contributed by atoms with van der Waals surface area (Å²) in [5.41, 5.74) is 3.17. The molecule has 1 saturated heterocycles. The molecular weight excluding hydrogens is 488 g/mol. The first-order chi connectivity index (χ1) is 16.9. The van der Waals surface area contributed by atoms with Crippen LogP contribution in [0, 0.1) is 6.92 Å². The van der Waals surface area contributed by atoms with Crippen molar-refractivity contribution < 1.29 is 19.1 Å². The van der Waals surface area contributed by atoms with Gasteiger partial charge in [-0.05, 0) is 53.8 Å². The molecule has 8 nitrogen and oxygen atoms in total. The molecule has 184 valence electrons. The van der Waals surface area contributed by atoms with Crippen molar-refractivity contribution in [2.45, 2.75) is 19.6 Å². The lowest BCUT2D eigenvalue weighted by Gasteiger charge is -2.36. The van der Waals surface area contributed by atoms with Gasteiger partial charge in [-0.2, -0.15) is 0 Å². The summed E-state index contributed by atoms with van der Waals surface area (Å²) >= 11 is 7.24. The summed E-state index contributed by atoms with van der Waals surface area (Å²) in [5, 5.41) is 4.62. The number of rotatable bonds is 8. The standard InChI is InChI=1S/C25H27ClN4O4S/c1-17-23(35-28-27-17)24(31)30-13-11-29(12-14-30)15-22(19-7-9-21(26)10-8-19)34-16-18-3-5-20(6-4-18)25(32)33-2/h3-10,22H,11-16H2,1-2H3/t22-/m0/s1. The minimum atomic E-state index is -0.365. The van der Waals surface area contributed by atoms with Crippen LogP contribution in [-0.2, 0) is 16.1 Å². The highest BCUT2D eigenvalue weighted by molar-refractivity contribution is 7.07. The average Bonchev–Trinajstić information content (AvgIpc) is 3.32. The Labute approximate surface area is 213 Å². The number of carbonyl (C=O) groups excluding carboxylic acids is 2. The highest BCUT2D eigenvalue weighted by Gasteiger charge is 2.27. The van der Waals surface area contributed by atoms with Crippen molar-refractivity contribution >= 4 is 35.0 Å². The van der Waals surface area contributed by atoms with Gasteiger partial charge in [-0.25, -0.2) is 4.79 Å². The molecule has 35 heavy (non-hydrogen) atoms. The number of piperazine rings is 1. The number of methoxy groups -OCH3 is 1. The first kappa shape index (κ1) is 25.2. The number of hydrogen-bond acceptors (Lipinski definition) is 8. The molecule has 0 spiro atoms. The Morgan fingerprint density at radius 1 is 1.06 bits per heavy atom. The van der Waals surface area contributed by atoms with E-state index in [1.165, 1.54) is 7.11 Å². The van der Waals surface area contributed by atoms with Gasteiger partial charge in [0.15, 0.2) is 0 Å². The van der Waals surface area contributed by atoms with Crippen LogP contribution in [0.4, 0.5) is 0 Å². The van der Waals surface area contributed by atoms with Crippen molar-refractivity contribution in [3.8, 4) is 0 Å². The van der Waals surface area contributed by atoms with Crippen LogP contribution >= 0.6 is 23.1 Å². The van der Waals surface area contributed by atoms with Crippen molar-refractivity contribution in [2.24, 2.45) is 0 Å². The molecule has 3 aromatic rings. The summed E-state index contributed by atoms with van der Waals surface area (Å²) in [6.07, 6.45) is -0.178. The van der Waals surface area contributed by atoms with Gasteiger partial charge in [0.05, 0.1) is 31.1 Å². The summed E-state index contributed by atoms with van der Waals surface area (Å²) in [6, 6.07) is 14.9. The molecule has 10 heteroatoms. The van der Waals surface area contributed by atoms with E-state index in [1.54, 1.807) is 12.1 Å². The monoisotopic (exact) mass is 514 g/mol. The zero-order valence-electron chi connectivity index (χ0n) is 19.6. The Kier molecular flexibility index (Phi) is 8.46. The second-order valence-corrected chi connectivity index (χ2v) is 9.51. The van der Waals surface area contributed by atoms with Crippen LogP contribution in [0.1, 0.15) is 43.0 Å².